The number of hydrogen-bond donors (Lipinski definition) is 1. The van der Waals surface area contributed by atoms with E-state index in [-0.39, 0.29) is 10.6 Å². The van der Waals surface area contributed by atoms with Crippen LogP contribution in [0.1, 0.15) is 32.6 Å². The molecule has 18 heavy (non-hydrogen) atoms. The van der Waals surface area contributed by atoms with Crippen molar-refractivity contribution >= 4 is 23.1 Å². The molecule has 0 spiro atoms. The zero-order valence-electron chi connectivity index (χ0n) is 10.7. The minimum absolute atomic E-state index is 0.132. The van der Waals surface area contributed by atoms with Crippen molar-refractivity contribution in [3.8, 4) is 0 Å². The van der Waals surface area contributed by atoms with E-state index in [1.165, 1.54) is 43.6 Å². The molecule has 0 saturated carbocycles. The van der Waals surface area contributed by atoms with Gasteiger partial charge in [-0.1, -0.05) is 26.2 Å². The van der Waals surface area contributed by atoms with Gasteiger partial charge in [0.15, 0.2) is 0 Å². The van der Waals surface area contributed by atoms with E-state index < -0.39 is 0 Å². The third-order valence-electron chi connectivity index (χ3n) is 2.60. The van der Waals surface area contributed by atoms with Crippen molar-refractivity contribution in [1.82, 2.24) is 0 Å². The molecular weight excluding hydrogens is 248 g/mol. The van der Waals surface area contributed by atoms with Crippen LogP contribution in [0.2, 0.25) is 0 Å². The standard InChI is InChI=1S/C13H20N2O2S/c1-2-3-4-5-10-18-11-14-12-6-8-13(9-7-12)15(16)17/h6-9,14H,2-5,10-11H2,1H3. The van der Waals surface area contributed by atoms with Crippen LogP contribution >= 0.6 is 11.8 Å². The molecule has 0 heterocycles. The maximum Gasteiger partial charge on any atom is 0.269 e. The van der Waals surface area contributed by atoms with Crippen molar-refractivity contribution in [3.05, 3.63) is 34.4 Å². The molecule has 0 aliphatic rings. The Bertz CT molecular complexity index is 355. The summed E-state index contributed by atoms with van der Waals surface area (Å²) in [5.41, 5.74) is 1.06. The normalized spacial score (nSPS) is 10.3. The summed E-state index contributed by atoms with van der Waals surface area (Å²) in [5, 5.41) is 13.7. The van der Waals surface area contributed by atoms with E-state index in [1.54, 1.807) is 12.1 Å². The van der Waals surface area contributed by atoms with Gasteiger partial charge >= 0.3 is 0 Å². The SMILES string of the molecule is CCCCCCSCNc1ccc([N+](=O)[O-])cc1. The highest BCUT2D eigenvalue weighted by molar-refractivity contribution is 7.99. The predicted octanol–water partition coefficient (Wildman–Crippen LogP) is 4.28. The van der Waals surface area contributed by atoms with Crippen LogP contribution in [0.5, 0.6) is 0 Å². The number of anilines is 1. The van der Waals surface area contributed by atoms with Crippen LogP contribution in [0.25, 0.3) is 0 Å². The molecule has 0 saturated heterocycles. The van der Waals surface area contributed by atoms with Crippen LogP contribution in [-0.4, -0.2) is 16.6 Å². The van der Waals surface area contributed by atoms with E-state index in [2.05, 4.69) is 12.2 Å². The van der Waals surface area contributed by atoms with Gasteiger partial charge in [0.25, 0.3) is 5.69 Å². The highest BCUT2D eigenvalue weighted by Crippen LogP contribution is 2.16. The van der Waals surface area contributed by atoms with Crippen molar-refractivity contribution < 1.29 is 4.92 Å². The third-order valence-corrected chi connectivity index (χ3v) is 3.52. The van der Waals surface area contributed by atoms with Crippen LogP contribution in [0.15, 0.2) is 24.3 Å². The summed E-state index contributed by atoms with van der Waals surface area (Å²) in [5.74, 6) is 2.02. The van der Waals surface area contributed by atoms with Crippen molar-refractivity contribution in [2.45, 2.75) is 32.6 Å². The second-order valence-corrected chi connectivity index (χ2v) is 5.20. The first-order valence-electron chi connectivity index (χ1n) is 6.30. The number of hydrogen-bond acceptors (Lipinski definition) is 4. The summed E-state index contributed by atoms with van der Waals surface area (Å²) in [7, 11) is 0. The van der Waals surface area contributed by atoms with Gasteiger partial charge in [-0.05, 0) is 24.3 Å². The van der Waals surface area contributed by atoms with E-state index in [1.807, 2.05) is 11.8 Å². The first-order chi connectivity index (χ1) is 8.74. The van der Waals surface area contributed by atoms with E-state index in [4.69, 9.17) is 0 Å². The number of nitro benzene ring substituents is 1. The van der Waals surface area contributed by atoms with Crippen molar-refractivity contribution in [1.29, 1.82) is 0 Å². The zero-order chi connectivity index (χ0) is 13.2. The second-order valence-electron chi connectivity index (χ2n) is 4.09. The Morgan fingerprint density at radius 2 is 1.94 bits per heavy atom. The van der Waals surface area contributed by atoms with Gasteiger partial charge in [-0.3, -0.25) is 10.1 Å². The highest BCUT2D eigenvalue weighted by Gasteiger charge is 2.02. The number of benzene rings is 1. The molecule has 1 aromatic rings. The van der Waals surface area contributed by atoms with Crippen molar-refractivity contribution in [2.24, 2.45) is 0 Å². The summed E-state index contributed by atoms with van der Waals surface area (Å²) in [6.45, 7) is 2.21. The Labute approximate surface area is 112 Å². The van der Waals surface area contributed by atoms with Crippen LogP contribution in [0, 0.1) is 10.1 Å². The van der Waals surface area contributed by atoms with Gasteiger partial charge in [0.1, 0.15) is 0 Å². The summed E-state index contributed by atoms with van der Waals surface area (Å²) in [4.78, 5) is 10.1. The van der Waals surface area contributed by atoms with Crippen molar-refractivity contribution in [2.75, 3.05) is 16.9 Å². The molecule has 0 aliphatic carbocycles. The monoisotopic (exact) mass is 268 g/mol. The molecule has 0 radical (unpaired) electrons. The lowest BCUT2D eigenvalue weighted by atomic mass is 10.2. The molecule has 4 nitrogen and oxygen atoms in total. The van der Waals surface area contributed by atoms with Gasteiger partial charge in [0.05, 0.1) is 10.8 Å². The summed E-state index contributed by atoms with van der Waals surface area (Å²) in [6.07, 6.45) is 5.16. The second kappa shape index (κ2) is 8.80. The van der Waals surface area contributed by atoms with Gasteiger partial charge in [-0.25, -0.2) is 0 Å². The fourth-order valence-electron chi connectivity index (χ4n) is 1.54. The zero-order valence-corrected chi connectivity index (χ0v) is 11.5. The average Bonchev–Trinajstić information content (AvgIpc) is 2.38. The molecule has 0 amide bonds. The predicted molar refractivity (Wildman–Crippen MR) is 78.2 cm³/mol. The maximum atomic E-state index is 10.5. The number of non-ortho nitro benzene ring substituents is 1. The topological polar surface area (TPSA) is 55.2 Å². The Hall–Kier alpha value is -1.23. The molecule has 0 atom stereocenters. The lowest BCUT2D eigenvalue weighted by Crippen LogP contribution is -1.98. The summed E-state index contributed by atoms with van der Waals surface area (Å²) in [6, 6.07) is 6.54. The van der Waals surface area contributed by atoms with Gasteiger partial charge in [-0.2, -0.15) is 0 Å². The fraction of sp³-hybridized carbons (Fsp3) is 0.538. The van der Waals surface area contributed by atoms with Crippen LogP contribution in [0.4, 0.5) is 11.4 Å². The van der Waals surface area contributed by atoms with E-state index >= 15 is 0 Å². The van der Waals surface area contributed by atoms with E-state index in [0.29, 0.717) is 0 Å². The van der Waals surface area contributed by atoms with Gasteiger partial charge < -0.3 is 5.32 Å². The highest BCUT2D eigenvalue weighted by atomic mass is 32.2. The number of nitrogens with zero attached hydrogens (tertiary/aromatic N) is 1. The number of nitrogens with one attached hydrogen (secondary N) is 1. The van der Waals surface area contributed by atoms with Crippen LogP contribution in [0.3, 0.4) is 0 Å². The largest absolute Gasteiger partial charge is 0.376 e. The lowest BCUT2D eigenvalue weighted by Gasteiger charge is -2.05. The minimum Gasteiger partial charge on any atom is -0.376 e. The smallest absolute Gasteiger partial charge is 0.269 e. The third kappa shape index (κ3) is 5.91. The quantitative estimate of drug-likeness (QED) is 0.314. The van der Waals surface area contributed by atoms with Gasteiger partial charge in [0.2, 0.25) is 0 Å². The fourth-order valence-corrected chi connectivity index (χ4v) is 2.36. The molecule has 0 fully saturated rings. The molecular formula is C13H20N2O2S. The van der Waals surface area contributed by atoms with E-state index in [0.717, 1.165) is 11.6 Å². The molecule has 0 bridgehead atoms. The van der Waals surface area contributed by atoms with Gasteiger partial charge in [-0.15, -0.1) is 11.8 Å². The molecule has 1 N–H and O–H groups in total. The first kappa shape index (κ1) is 14.8. The Balaban J connectivity index is 2.14. The minimum atomic E-state index is -0.383. The van der Waals surface area contributed by atoms with Crippen LogP contribution in [-0.2, 0) is 0 Å². The Morgan fingerprint density at radius 1 is 1.22 bits per heavy atom. The maximum absolute atomic E-state index is 10.5. The number of rotatable bonds is 9. The molecule has 1 rings (SSSR count). The molecule has 0 unspecified atom stereocenters. The van der Waals surface area contributed by atoms with Gasteiger partial charge in [0, 0.05) is 17.8 Å². The molecule has 5 heteroatoms. The molecule has 1 aromatic carbocycles. The van der Waals surface area contributed by atoms with Crippen LogP contribution < -0.4 is 5.32 Å². The lowest BCUT2D eigenvalue weighted by molar-refractivity contribution is -0.384. The number of nitro groups is 1. The number of unbranched alkanes of at least 4 members (excludes halogenated alkanes) is 3. The average molecular weight is 268 g/mol. The number of thioether (sulfide) groups is 1. The molecule has 0 aromatic heterocycles. The summed E-state index contributed by atoms with van der Waals surface area (Å²) >= 11 is 1.86. The Kier molecular flexibility index (Phi) is 7.25. The Morgan fingerprint density at radius 3 is 2.56 bits per heavy atom. The molecule has 100 valence electrons. The van der Waals surface area contributed by atoms with E-state index in [9.17, 15) is 10.1 Å². The first-order valence-corrected chi connectivity index (χ1v) is 7.45. The van der Waals surface area contributed by atoms with Crippen molar-refractivity contribution in [3.63, 3.8) is 0 Å². The molecule has 0 aliphatic heterocycles. The summed E-state index contributed by atoms with van der Waals surface area (Å²) < 4.78 is 0.